The second-order valence-corrected chi connectivity index (χ2v) is 6.42. The largest absolute Gasteiger partial charge is 0.364 e. The maximum Gasteiger partial charge on any atom is 0.228 e. The number of carbonyl (C=O) groups excluding carboxylic acids is 1. The highest BCUT2D eigenvalue weighted by Crippen LogP contribution is 2.18. The normalized spacial score (nSPS) is 11.6. The van der Waals surface area contributed by atoms with Crippen molar-refractivity contribution in [2.75, 3.05) is 10.6 Å². The number of rotatable bonds is 6. The van der Waals surface area contributed by atoms with E-state index in [-0.39, 0.29) is 11.9 Å². The van der Waals surface area contributed by atoms with Gasteiger partial charge in [-0.25, -0.2) is 4.98 Å². The van der Waals surface area contributed by atoms with Crippen LogP contribution in [0.15, 0.2) is 72.9 Å². The van der Waals surface area contributed by atoms with Crippen LogP contribution in [0.2, 0.25) is 0 Å². The van der Waals surface area contributed by atoms with E-state index < -0.39 is 0 Å². The minimum atomic E-state index is -0.0456. The van der Waals surface area contributed by atoms with Crippen molar-refractivity contribution in [2.24, 2.45) is 0 Å². The molecular formula is C22H23N3O. The van der Waals surface area contributed by atoms with E-state index in [1.807, 2.05) is 61.5 Å². The fraction of sp³-hybridized carbons (Fsp3) is 0.182. The quantitative estimate of drug-likeness (QED) is 0.678. The van der Waals surface area contributed by atoms with Crippen LogP contribution in [0.3, 0.4) is 0 Å². The number of hydrogen-bond acceptors (Lipinski definition) is 3. The third-order valence-corrected chi connectivity index (χ3v) is 4.16. The molecule has 1 atom stereocenters. The lowest BCUT2D eigenvalue weighted by molar-refractivity contribution is -0.115. The monoisotopic (exact) mass is 345 g/mol. The Hall–Kier alpha value is -3.14. The lowest BCUT2D eigenvalue weighted by Gasteiger charge is -2.15. The molecule has 4 nitrogen and oxygen atoms in total. The van der Waals surface area contributed by atoms with Gasteiger partial charge in [0.15, 0.2) is 0 Å². The second-order valence-electron chi connectivity index (χ2n) is 6.42. The summed E-state index contributed by atoms with van der Waals surface area (Å²) in [5, 5.41) is 6.25. The van der Waals surface area contributed by atoms with Gasteiger partial charge < -0.3 is 10.6 Å². The molecule has 2 N–H and O–H groups in total. The van der Waals surface area contributed by atoms with E-state index in [1.54, 1.807) is 6.20 Å². The first kappa shape index (κ1) is 17.7. The zero-order valence-corrected chi connectivity index (χ0v) is 15.1. The van der Waals surface area contributed by atoms with E-state index in [2.05, 4.69) is 34.7 Å². The highest BCUT2D eigenvalue weighted by atomic mass is 16.1. The Morgan fingerprint density at radius 1 is 1.04 bits per heavy atom. The summed E-state index contributed by atoms with van der Waals surface area (Å²) in [6.07, 6.45) is 2.03. The van der Waals surface area contributed by atoms with Crippen LogP contribution in [-0.4, -0.2) is 10.9 Å². The van der Waals surface area contributed by atoms with E-state index >= 15 is 0 Å². The summed E-state index contributed by atoms with van der Waals surface area (Å²) >= 11 is 0. The van der Waals surface area contributed by atoms with Gasteiger partial charge in [-0.1, -0.05) is 60.2 Å². The van der Waals surface area contributed by atoms with Crippen LogP contribution in [0.25, 0.3) is 0 Å². The average molecular weight is 345 g/mol. The molecule has 3 aromatic rings. The standard InChI is InChI=1S/C22H23N3O/c1-16-7-6-8-18(13-16)14-22(26)25-20-11-12-21(23-15-20)24-17(2)19-9-4-3-5-10-19/h3-13,15,17H,14H2,1-2H3,(H,23,24)(H,25,26). The van der Waals surface area contributed by atoms with E-state index in [0.29, 0.717) is 12.1 Å². The van der Waals surface area contributed by atoms with Gasteiger partial charge in [0.05, 0.1) is 18.3 Å². The summed E-state index contributed by atoms with van der Waals surface area (Å²) in [5.74, 6) is 0.730. The molecular weight excluding hydrogens is 322 g/mol. The van der Waals surface area contributed by atoms with Crippen LogP contribution in [-0.2, 0) is 11.2 Å². The number of anilines is 2. The third kappa shape index (κ3) is 4.93. The summed E-state index contributed by atoms with van der Waals surface area (Å²) in [7, 11) is 0. The lowest BCUT2D eigenvalue weighted by Crippen LogP contribution is -2.15. The number of benzene rings is 2. The molecule has 0 spiro atoms. The predicted molar refractivity (Wildman–Crippen MR) is 106 cm³/mol. The number of pyridine rings is 1. The maximum atomic E-state index is 12.2. The summed E-state index contributed by atoms with van der Waals surface area (Å²) in [4.78, 5) is 16.6. The van der Waals surface area contributed by atoms with Crippen LogP contribution < -0.4 is 10.6 Å². The van der Waals surface area contributed by atoms with Crippen molar-refractivity contribution in [2.45, 2.75) is 26.3 Å². The summed E-state index contributed by atoms with van der Waals surface area (Å²) < 4.78 is 0. The minimum absolute atomic E-state index is 0.0456. The van der Waals surface area contributed by atoms with Crippen LogP contribution in [0.4, 0.5) is 11.5 Å². The van der Waals surface area contributed by atoms with Gasteiger partial charge in [-0.3, -0.25) is 4.79 Å². The van der Waals surface area contributed by atoms with Crippen molar-refractivity contribution in [3.05, 3.63) is 89.6 Å². The molecule has 1 amide bonds. The van der Waals surface area contributed by atoms with E-state index in [4.69, 9.17) is 0 Å². The van der Waals surface area contributed by atoms with Gasteiger partial charge in [0.2, 0.25) is 5.91 Å². The van der Waals surface area contributed by atoms with Crippen LogP contribution in [0, 0.1) is 6.92 Å². The number of amides is 1. The Morgan fingerprint density at radius 2 is 1.85 bits per heavy atom. The first-order chi connectivity index (χ1) is 12.6. The van der Waals surface area contributed by atoms with Crippen molar-refractivity contribution in [1.29, 1.82) is 0 Å². The molecule has 0 radical (unpaired) electrons. The fourth-order valence-electron chi connectivity index (χ4n) is 2.81. The van der Waals surface area contributed by atoms with Gasteiger partial charge in [-0.2, -0.15) is 0 Å². The van der Waals surface area contributed by atoms with Crippen molar-refractivity contribution < 1.29 is 4.79 Å². The highest BCUT2D eigenvalue weighted by Gasteiger charge is 2.07. The van der Waals surface area contributed by atoms with Gasteiger partial charge >= 0.3 is 0 Å². The molecule has 0 saturated heterocycles. The Labute approximate surface area is 154 Å². The molecule has 1 aromatic heterocycles. The lowest BCUT2D eigenvalue weighted by atomic mass is 10.1. The molecule has 3 rings (SSSR count). The molecule has 0 aliphatic rings. The van der Waals surface area contributed by atoms with Crippen molar-refractivity contribution >= 4 is 17.4 Å². The number of aryl methyl sites for hydroxylation is 1. The van der Waals surface area contributed by atoms with Gasteiger partial charge in [0, 0.05) is 6.04 Å². The Kier molecular flexibility index (Phi) is 5.64. The molecule has 132 valence electrons. The molecule has 0 aliphatic carbocycles. The van der Waals surface area contributed by atoms with Gasteiger partial charge in [0.25, 0.3) is 0 Å². The molecule has 0 aliphatic heterocycles. The van der Waals surface area contributed by atoms with Crippen LogP contribution >= 0.6 is 0 Å². The maximum absolute atomic E-state index is 12.2. The highest BCUT2D eigenvalue weighted by molar-refractivity contribution is 5.92. The SMILES string of the molecule is Cc1cccc(CC(=O)Nc2ccc(NC(C)c3ccccc3)nc2)c1. The molecule has 1 unspecified atom stereocenters. The number of aromatic nitrogens is 1. The zero-order chi connectivity index (χ0) is 18.4. The Balaban J connectivity index is 1.56. The van der Waals surface area contributed by atoms with Crippen molar-refractivity contribution in [1.82, 2.24) is 4.98 Å². The number of hydrogen-bond donors (Lipinski definition) is 2. The Morgan fingerprint density at radius 3 is 2.54 bits per heavy atom. The number of nitrogens with one attached hydrogen (secondary N) is 2. The fourth-order valence-corrected chi connectivity index (χ4v) is 2.81. The van der Waals surface area contributed by atoms with E-state index in [1.165, 1.54) is 5.56 Å². The molecule has 2 aromatic carbocycles. The molecule has 0 bridgehead atoms. The first-order valence-corrected chi connectivity index (χ1v) is 8.73. The van der Waals surface area contributed by atoms with Crippen molar-refractivity contribution in [3.63, 3.8) is 0 Å². The number of carbonyl (C=O) groups is 1. The topological polar surface area (TPSA) is 54.0 Å². The minimum Gasteiger partial charge on any atom is -0.364 e. The number of nitrogens with zero attached hydrogens (tertiary/aromatic N) is 1. The molecule has 1 heterocycles. The van der Waals surface area contributed by atoms with E-state index in [9.17, 15) is 4.79 Å². The summed E-state index contributed by atoms with van der Waals surface area (Å²) in [6, 6.07) is 22.1. The zero-order valence-electron chi connectivity index (χ0n) is 15.1. The molecule has 0 fully saturated rings. The van der Waals surface area contributed by atoms with Gasteiger partial charge in [-0.15, -0.1) is 0 Å². The first-order valence-electron chi connectivity index (χ1n) is 8.73. The average Bonchev–Trinajstić information content (AvgIpc) is 2.64. The molecule has 0 saturated carbocycles. The van der Waals surface area contributed by atoms with Crippen molar-refractivity contribution in [3.8, 4) is 0 Å². The van der Waals surface area contributed by atoms with E-state index in [0.717, 1.165) is 16.9 Å². The van der Waals surface area contributed by atoms with Crippen LogP contribution in [0.5, 0.6) is 0 Å². The summed E-state index contributed by atoms with van der Waals surface area (Å²) in [5.41, 5.74) is 4.05. The molecule has 26 heavy (non-hydrogen) atoms. The smallest absolute Gasteiger partial charge is 0.228 e. The Bertz CT molecular complexity index is 860. The molecule has 4 heteroatoms. The van der Waals surface area contributed by atoms with Gasteiger partial charge in [0.1, 0.15) is 5.82 Å². The second kappa shape index (κ2) is 8.30. The van der Waals surface area contributed by atoms with Gasteiger partial charge in [-0.05, 0) is 37.1 Å². The van der Waals surface area contributed by atoms with Crippen LogP contribution in [0.1, 0.15) is 29.7 Å². The third-order valence-electron chi connectivity index (χ3n) is 4.16. The summed E-state index contributed by atoms with van der Waals surface area (Å²) in [6.45, 7) is 4.11. The predicted octanol–water partition coefficient (Wildman–Crippen LogP) is 4.74.